The van der Waals surface area contributed by atoms with Gasteiger partial charge in [0, 0.05) is 0 Å². The van der Waals surface area contributed by atoms with Crippen molar-refractivity contribution < 1.29 is 0 Å². The first-order valence-electron chi connectivity index (χ1n) is 1.17. The molecule has 0 aromatic carbocycles. The van der Waals surface area contributed by atoms with Gasteiger partial charge in [0.15, 0.2) is 0 Å². The van der Waals surface area contributed by atoms with Gasteiger partial charge in [-0.2, -0.15) is 0 Å². The van der Waals surface area contributed by atoms with E-state index in [2.05, 4.69) is 4.81 Å². The summed E-state index contributed by atoms with van der Waals surface area (Å²) in [6.07, 6.45) is 0. The zero-order valence-electron chi connectivity index (χ0n) is 2.74. The molecule has 6 heavy (non-hydrogen) atoms. The first-order chi connectivity index (χ1) is 2.77. The van der Waals surface area contributed by atoms with Gasteiger partial charge in [-0.1, -0.05) is 0 Å². The van der Waals surface area contributed by atoms with E-state index in [1.807, 2.05) is 0 Å². The molecule has 0 rings (SSSR count). The van der Waals surface area contributed by atoms with Crippen LogP contribution >= 0.6 is 34.4 Å². The zero-order chi connectivity index (χ0) is 4.99. The van der Waals surface area contributed by atoms with E-state index in [0.717, 1.165) is 6.49 Å². The number of hydrogen-bond donors (Lipinski definition) is 0. The van der Waals surface area contributed by atoms with E-state index < -0.39 is 5.68 Å². The van der Waals surface area contributed by atoms with E-state index in [1.54, 1.807) is 0 Å². The Balaban J connectivity index is 3.03. The molecule has 0 atom stereocenters. The fourth-order valence-corrected chi connectivity index (χ4v) is 0.383. The van der Waals surface area contributed by atoms with Crippen LogP contribution in [0.5, 0.6) is 0 Å². The summed E-state index contributed by atoms with van der Waals surface area (Å²) in [7, 11) is 0. The summed E-state index contributed by atoms with van der Waals surface area (Å²) >= 11 is 15.1. The Morgan fingerprint density at radius 2 is 2.00 bits per heavy atom. The summed E-state index contributed by atoms with van der Waals surface area (Å²) in [4.78, 5) is 3.30. The van der Waals surface area contributed by atoms with E-state index >= 15 is 0 Å². The van der Waals surface area contributed by atoms with Crippen molar-refractivity contribution in [1.82, 2.24) is 0 Å². The molecule has 0 radical (unpaired) electrons. The van der Waals surface area contributed by atoms with Gasteiger partial charge in [0.1, 0.15) is 0 Å². The van der Waals surface area contributed by atoms with Crippen molar-refractivity contribution in [1.29, 1.82) is 0 Å². The summed E-state index contributed by atoms with van der Waals surface area (Å²) in [5, 5.41) is 0. The third-order valence-electron chi connectivity index (χ3n) is 0.169. The summed E-state index contributed by atoms with van der Waals surface area (Å²) < 4.78 is 0. The summed E-state index contributed by atoms with van der Waals surface area (Å²) in [5.74, 6) is 0. The van der Waals surface area contributed by atoms with E-state index in [-0.39, 0.29) is 0 Å². The van der Waals surface area contributed by atoms with Gasteiger partial charge < -0.3 is 0 Å². The molecule has 0 aliphatic rings. The molecule has 0 amide bonds. The molecule has 0 N–H and O–H groups in total. The zero-order valence-corrected chi connectivity index (χ0v) is 5.00. The first-order valence-corrected chi connectivity index (χ1v) is 2.48. The van der Waals surface area contributed by atoms with Crippen LogP contribution < -0.4 is 0 Å². The predicted octanol–water partition coefficient (Wildman–Crippen LogP) is 1.49. The van der Waals surface area contributed by atoms with Crippen molar-refractivity contribution in [2.75, 3.05) is 0 Å². The molecule has 1 nitrogen and oxygen atoms in total. The van der Waals surface area contributed by atoms with Crippen molar-refractivity contribution >= 4 is 46.5 Å². The molecule has 0 saturated carbocycles. The van der Waals surface area contributed by atoms with Crippen LogP contribution in [0.4, 0.5) is 0 Å². The fourth-order valence-electron chi connectivity index (χ4n) is 0.0426. The molecule has 0 saturated heterocycles. The molecule has 0 aliphatic carbocycles. The average Bonchev–Trinajstić information content (AvgIpc) is 1.35. The van der Waals surface area contributed by atoms with Crippen LogP contribution in [0.25, 0.3) is 0 Å². The van der Waals surface area contributed by atoms with E-state index in [1.165, 1.54) is 0 Å². The molecule has 0 bridgehead atoms. The molecule has 0 aromatic heterocycles. The molecule has 0 aliphatic heterocycles. The molecule has 6 heteroatoms. The topological polar surface area (TPSA) is 12.4 Å². The van der Waals surface area contributed by atoms with Crippen LogP contribution in [-0.4, -0.2) is 12.2 Å². The van der Waals surface area contributed by atoms with E-state index in [0.29, 0.717) is 0 Å². The summed E-state index contributed by atoms with van der Waals surface area (Å²) in [6.45, 7) is 1.03. The maximum atomic E-state index is 5.06. The van der Waals surface area contributed by atoms with Crippen LogP contribution in [0, 0.1) is 0 Å². The van der Waals surface area contributed by atoms with E-state index in [9.17, 15) is 0 Å². The Morgan fingerprint density at radius 1 is 1.50 bits per heavy atom. The summed E-state index contributed by atoms with van der Waals surface area (Å²) in [6, 6.07) is 0. The molecule has 0 aromatic rings. The normalized spacial score (nSPS) is 8.50. The van der Waals surface area contributed by atoms with Gasteiger partial charge in [-0.3, -0.25) is 0 Å². The molecule has 0 spiro atoms. The number of hydrogen-bond acceptors (Lipinski definition) is 1. The minimum absolute atomic E-state index is 0.720. The SMILES string of the molecule is ClB=NB(Cl)Cl. The molecular formula is B2Cl3N. The van der Waals surface area contributed by atoms with Gasteiger partial charge >= 0.3 is 51.4 Å². The quantitative estimate of drug-likeness (QED) is 0.492. The van der Waals surface area contributed by atoms with Gasteiger partial charge in [-0.05, 0) is 0 Å². The minimum atomic E-state index is -0.720. The summed E-state index contributed by atoms with van der Waals surface area (Å²) in [5.41, 5.74) is -0.720. The van der Waals surface area contributed by atoms with Gasteiger partial charge in [-0.15, -0.1) is 0 Å². The molecule has 0 fully saturated rings. The molecule has 0 unspecified atom stereocenters. The second kappa shape index (κ2) is 3.97. The predicted molar refractivity (Wildman–Crippen MR) is 31.5 cm³/mol. The van der Waals surface area contributed by atoms with E-state index in [4.69, 9.17) is 34.4 Å². The van der Waals surface area contributed by atoms with Crippen molar-refractivity contribution in [3.05, 3.63) is 0 Å². The van der Waals surface area contributed by atoms with Gasteiger partial charge in [0.2, 0.25) is 0 Å². The average molecular weight is 142 g/mol. The molecule has 0 heterocycles. The first kappa shape index (κ1) is 6.80. The van der Waals surface area contributed by atoms with Gasteiger partial charge in [0.05, 0.1) is 0 Å². The Labute approximate surface area is 51.8 Å². The van der Waals surface area contributed by atoms with Gasteiger partial charge in [0.25, 0.3) is 0 Å². The Kier molecular flexibility index (Phi) is 4.50. The number of nitrogens with zero attached hydrogens (tertiary/aromatic N) is 1. The van der Waals surface area contributed by atoms with Crippen LogP contribution in [0.1, 0.15) is 0 Å². The van der Waals surface area contributed by atoms with Crippen molar-refractivity contribution in [2.24, 2.45) is 4.81 Å². The maximum absolute atomic E-state index is 5.06. The van der Waals surface area contributed by atoms with Crippen LogP contribution in [-0.2, 0) is 0 Å². The second-order valence-electron chi connectivity index (χ2n) is 0.524. The fraction of sp³-hybridized carbons (Fsp3) is 0. The van der Waals surface area contributed by atoms with Crippen molar-refractivity contribution in [3.8, 4) is 0 Å². The second-order valence-corrected chi connectivity index (χ2v) is 1.77. The molecular weight excluding hydrogens is 142 g/mol. The van der Waals surface area contributed by atoms with Crippen LogP contribution in [0.2, 0.25) is 0 Å². The third-order valence-corrected chi connectivity index (χ3v) is 0.507. The number of halogens is 3. The monoisotopic (exact) mass is 141 g/mol. The van der Waals surface area contributed by atoms with Gasteiger partial charge in [-0.25, -0.2) is 0 Å². The van der Waals surface area contributed by atoms with Crippen molar-refractivity contribution in [3.63, 3.8) is 0 Å². The standard InChI is InChI=1S/B2Cl3N/c3-1-6-2(4)5. The Morgan fingerprint density at radius 3 is 2.00 bits per heavy atom. The number of rotatable bonds is 1. The van der Waals surface area contributed by atoms with Crippen LogP contribution in [0.15, 0.2) is 4.81 Å². The Bertz CT molecular complexity index is 50.8. The molecule has 32 valence electrons. The third kappa shape index (κ3) is 4.80. The van der Waals surface area contributed by atoms with Crippen LogP contribution in [0.3, 0.4) is 0 Å². The Hall–Kier alpha value is 0.800. The van der Waals surface area contributed by atoms with Crippen molar-refractivity contribution in [2.45, 2.75) is 0 Å².